The average molecular weight is 1070 g/mol. The van der Waals surface area contributed by atoms with Gasteiger partial charge >= 0.3 is 41.8 Å². The van der Waals surface area contributed by atoms with Crippen LogP contribution < -0.4 is 43.2 Å². The Kier molecular flexibility index (Phi) is 23.5. The zero-order chi connectivity index (χ0) is 56.8. The molecule has 0 fully saturated rings. The van der Waals surface area contributed by atoms with E-state index in [1.807, 2.05) is 5.32 Å². The molecule has 17 N–H and O–H groups in total. The number of hydrogen-bond acceptors (Lipinski definition) is 16. The van der Waals surface area contributed by atoms with E-state index in [9.17, 15) is 97.8 Å². The Hall–Kier alpha value is -9.45. The first-order valence-electron chi connectivity index (χ1n) is 23.0. The number of aliphatic carboxylic acids is 7. The van der Waals surface area contributed by atoms with Crippen LogP contribution in [0.4, 0.5) is 5.95 Å². The molecular weight excluding hydrogens is 1020 g/mol. The van der Waals surface area contributed by atoms with Crippen LogP contribution in [-0.4, -0.2) is 164 Å². The second-order valence-electron chi connectivity index (χ2n) is 17.0. The molecule has 76 heavy (non-hydrogen) atoms. The Balaban J connectivity index is 1.85. The second kappa shape index (κ2) is 29.3. The first-order chi connectivity index (χ1) is 35.7. The third-order valence-corrected chi connectivity index (χ3v) is 11.2. The van der Waals surface area contributed by atoms with Gasteiger partial charge in [0.25, 0.3) is 11.5 Å². The number of carboxylic acids is 7. The molecule has 3 aromatic rings. The van der Waals surface area contributed by atoms with Crippen molar-refractivity contribution < 1.29 is 98.1 Å². The van der Waals surface area contributed by atoms with Gasteiger partial charge in [0.1, 0.15) is 41.9 Å². The van der Waals surface area contributed by atoms with Crippen molar-refractivity contribution in [3.8, 4) is 0 Å². The highest BCUT2D eigenvalue weighted by Crippen LogP contribution is 2.17. The van der Waals surface area contributed by atoms with Gasteiger partial charge in [0.05, 0.1) is 5.39 Å². The van der Waals surface area contributed by atoms with E-state index >= 15 is 0 Å². The number of aryl methyl sites for hydroxylation is 2. The van der Waals surface area contributed by atoms with Crippen molar-refractivity contribution >= 4 is 94.2 Å². The summed E-state index contributed by atoms with van der Waals surface area (Å²) >= 11 is 0. The van der Waals surface area contributed by atoms with Gasteiger partial charge < -0.3 is 78.4 Å². The number of aromatic amines is 2. The van der Waals surface area contributed by atoms with Gasteiger partial charge in [-0.15, -0.1) is 0 Å². The van der Waals surface area contributed by atoms with Crippen molar-refractivity contribution in [2.45, 2.75) is 126 Å². The normalized spacial score (nSPS) is 13.3. The van der Waals surface area contributed by atoms with E-state index in [0.29, 0.717) is 29.4 Å². The maximum Gasteiger partial charge on any atom is 0.326 e. The summed E-state index contributed by atoms with van der Waals surface area (Å²) in [7, 11) is 0. The van der Waals surface area contributed by atoms with Crippen molar-refractivity contribution in [1.29, 1.82) is 0 Å². The number of anilines is 1. The number of benzene rings is 1. The molecule has 3 rings (SSSR count). The van der Waals surface area contributed by atoms with Crippen molar-refractivity contribution in [2.75, 3.05) is 5.73 Å². The fraction of sp³-hybridized carbons (Fsp3) is 0.444. The fourth-order valence-electron chi connectivity index (χ4n) is 7.23. The third kappa shape index (κ3) is 20.6. The largest absolute Gasteiger partial charge is 0.481 e. The zero-order valence-corrected chi connectivity index (χ0v) is 40.1. The summed E-state index contributed by atoms with van der Waals surface area (Å²) in [6.07, 6.45) is -6.70. The number of fused-ring (bicyclic) bond motifs is 1. The first-order valence-corrected chi connectivity index (χ1v) is 23.0. The van der Waals surface area contributed by atoms with Crippen LogP contribution in [0.5, 0.6) is 0 Å². The van der Waals surface area contributed by atoms with Crippen LogP contribution in [0.15, 0.2) is 35.3 Å². The molecule has 0 saturated heterocycles. The van der Waals surface area contributed by atoms with E-state index < -0.39 is 196 Å². The summed E-state index contributed by atoms with van der Waals surface area (Å²) in [6.45, 7) is 0. The number of amides is 6. The molecule has 412 valence electrons. The molecule has 0 aliphatic rings. The lowest BCUT2D eigenvalue weighted by atomic mass is 10.0. The topological polar surface area (TPSA) is 523 Å². The zero-order valence-electron chi connectivity index (χ0n) is 40.1. The van der Waals surface area contributed by atoms with Gasteiger partial charge in [0.2, 0.25) is 35.5 Å². The van der Waals surface area contributed by atoms with Crippen molar-refractivity contribution in [3.63, 3.8) is 0 Å². The number of nitrogens with zero attached hydrogens (tertiary/aromatic N) is 1. The van der Waals surface area contributed by atoms with Crippen molar-refractivity contribution in [2.24, 2.45) is 0 Å². The second-order valence-corrected chi connectivity index (χ2v) is 17.0. The monoisotopic (exact) mass is 1070 g/mol. The molecule has 31 nitrogen and oxygen atoms in total. The highest BCUT2D eigenvalue weighted by atomic mass is 16.4. The number of aromatic nitrogens is 3. The van der Waals surface area contributed by atoms with Crippen LogP contribution in [0.1, 0.15) is 98.5 Å². The van der Waals surface area contributed by atoms with Crippen LogP contribution in [-0.2, 0) is 70.4 Å². The summed E-state index contributed by atoms with van der Waals surface area (Å²) < 4.78 is 0. The Morgan fingerprint density at radius 3 is 1.14 bits per heavy atom. The lowest BCUT2D eigenvalue weighted by Gasteiger charge is -2.27. The minimum atomic E-state index is -1.98. The summed E-state index contributed by atoms with van der Waals surface area (Å²) in [6, 6.07) is -5.36. The van der Waals surface area contributed by atoms with Gasteiger partial charge in [-0.05, 0) is 74.6 Å². The molecule has 2 aromatic heterocycles. The fourth-order valence-corrected chi connectivity index (χ4v) is 7.23. The highest BCUT2D eigenvalue weighted by molar-refractivity contribution is 6.00. The number of nitrogens with one attached hydrogen (secondary N) is 8. The van der Waals surface area contributed by atoms with E-state index in [-0.39, 0.29) is 17.2 Å². The summed E-state index contributed by atoms with van der Waals surface area (Å²) in [5.41, 5.74) is 6.77. The van der Waals surface area contributed by atoms with Gasteiger partial charge in [-0.25, -0.2) is 4.79 Å². The molecule has 1 aromatic carbocycles. The van der Waals surface area contributed by atoms with E-state index in [1.54, 1.807) is 18.3 Å². The number of carboxylic acid groups (broad SMARTS) is 7. The predicted octanol–water partition coefficient (Wildman–Crippen LogP) is -2.59. The van der Waals surface area contributed by atoms with Crippen LogP contribution in [0.25, 0.3) is 11.0 Å². The minimum Gasteiger partial charge on any atom is -0.481 e. The molecular formula is C45H56N10O21. The van der Waals surface area contributed by atoms with E-state index in [1.165, 1.54) is 12.1 Å². The van der Waals surface area contributed by atoms with Gasteiger partial charge in [-0.3, -0.25) is 67.3 Å². The Bertz CT molecular complexity index is 2740. The predicted molar refractivity (Wildman–Crippen MR) is 255 cm³/mol. The minimum absolute atomic E-state index is 0.0123. The summed E-state index contributed by atoms with van der Waals surface area (Å²) in [4.78, 5) is 184. The average Bonchev–Trinajstić information content (AvgIpc) is 3.75. The number of nitrogen functional groups attached to an aromatic ring is 1. The van der Waals surface area contributed by atoms with Crippen LogP contribution >= 0.6 is 0 Å². The van der Waals surface area contributed by atoms with Crippen LogP contribution in [0.3, 0.4) is 0 Å². The Morgan fingerprint density at radius 2 is 0.803 bits per heavy atom. The van der Waals surface area contributed by atoms with Gasteiger partial charge in [0, 0.05) is 50.3 Å². The quantitative estimate of drug-likeness (QED) is 0.0292. The first kappa shape index (κ1) is 60.9. The van der Waals surface area contributed by atoms with Crippen molar-refractivity contribution in [3.05, 3.63) is 57.5 Å². The van der Waals surface area contributed by atoms with E-state index in [4.69, 9.17) is 10.8 Å². The highest BCUT2D eigenvalue weighted by Gasteiger charge is 2.35. The van der Waals surface area contributed by atoms with E-state index in [0.717, 1.165) is 0 Å². The van der Waals surface area contributed by atoms with E-state index in [2.05, 4.69) is 41.5 Å². The molecule has 2 heterocycles. The molecule has 0 bridgehead atoms. The van der Waals surface area contributed by atoms with Gasteiger partial charge in [-0.2, -0.15) is 4.98 Å². The lowest BCUT2D eigenvalue weighted by Crippen LogP contribution is -2.59. The number of carbonyl (C=O) groups excluding carboxylic acids is 6. The molecule has 6 atom stereocenters. The molecule has 6 amide bonds. The lowest BCUT2D eigenvalue weighted by molar-refractivity contribution is -0.144. The SMILES string of the molecule is Nc1nc2[nH]cc(CCc3ccc(C(=O)NC(CCC(=O)O)C(=O)N[C@H](CCC(=O)O)C(=O)NC(CCC(=O)O)C(=O)NC(CCC(=O)O)C(=O)NC(CCC(=O)O)C(=O)N[C@H](CCC(=O)O)C(=O)O)cc3)c2c(=O)[nH]1. The Morgan fingerprint density at radius 1 is 0.474 bits per heavy atom. The maximum absolute atomic E-state index is 13.9. The van der Waals surface area contributed by atoms with Crippen LogP contribution in [0, 0.1) is 0 Å². The molecule has 31 heteroatoms. The molecule has 0 aliphatic carbocycles. The number of H-pyrrole nitrogens is 2. The Labute approximate surface area is 427 Å². The molecule has 0 aliphatic heterocycles. The molecule has 0 radical (unpaired) electrons. The molecule has 0 saturated carbocycles. The van der Waals surface area contributed by atoms with Crippen LogP contribution in [0.2, 0.25) is 0 Å². The number of carbonyl (C=O) groups is 13. The number of nitrogens with two attached hydrogens (primary N) is 1. The van der Waals surface area contributed by atoms with Crippen molar-refractivity contribution in [1.82, 2.24) is 46.9 Å². The summed E-state index contributed by atoms with van der Waals surface area (Å²) in [5.74, 6) is -18.2. The third-order valence-electron chi connectivity index (χ3n) is 11.2. The van der Waals surface area contributed by atoms with Gasteiger partial charge in [-0.1, -0.05) is 12.1 Å². The molecule has 4 unspecified atom stereocenters. The summed E-state index contributed by atoms with van der Waals surface area (Å²) in [5, 5.41) is 78.7. The maximum atomic E-state index is 13.9. The standard InChI is InChI=1S/C45H56N10O21/c46-45-54-36-35(43(74)55-45)22(19-47-36)6-3-20-1-4-21(5-2-20)37(68)48-23(7-13-29(56)57)38(69)49-24(8-14-30(58)59)39(70)50-25(9-15-31(60)61)40(71)51-26(10-16-32(62)63)41(72)52-27(11-17-33(64)65)42(73)53-28(44(75)76)12-18-34(66)67/h1-2,4-5,19,23-28H,3,6-18H2,(H,48,68)(H,49,69)(H,50,70)(H,51,71)(H,52,72)(H,53,73)(H,56,57)(H,58,59)(H,60,61)(H,62,63)(H,64,65)(H,66,67)(H,75,76)(H4,46,47,54,55,74)/t23?,24-,25?,26?,27?,28-/m1/s1. The smallest absolute Gasteiger partial charge is 0.326 e. The van der Waals surface area contributed by atoms with Gasteiger partial charge in [0.15, 0.2) is 0 Å². The number of hydrogen-bond donors (Lipinski definition) is 16. The number of rotatable bonds is 34. The molecule has 0 spiro atoms.